The highest BCUT2D eigenvalue weighted by Gasteiger charge is 2.22. The Morgan fingerprint density at radius 1 is 0.974 bits per heavy atom. The molecule has 3 aromatic carbocycles. The molecule has 38 heavy (non-hydrogen) atoms. The Hall–Kier alpha value is -3.86. The number of anilines is 1. The molecule has 0 radical (unpaired) electrons. The van der Waals surface area contributed by atoms with Crippen molar-refractivity contribution in [2.45, 2.75) is 53.6 Å². The molecule has 1 atom stereocenters. The smallest absolute Gasteiger partial charge is 0.336 e. The number of carbonyl (C=O) groups is 2. The Morgan fingerprint density at radius 3 is 2.32 bits per heavy atom. The van der Waals surface area contributed by atoms with Gasteiger partial charge in [-0.1, -0.05) is 69.3 Å². The van der Waals surface area contributed by atoms with Gasteiger partial charge in [0.05, 0.1) is 11.1 Å². The van der Waals surface area contributed by atoms with E-state index >= 15 is 0 Å². The van der Waals surface area contributed by atoms with Gasteiger partial charge in [0, 0.05) is 30.4 Å². The number of rotatable bonds is 14. The second kappa shape index (κ2) is 13.6. The predicted octanol–water partition coefficient (Wildman–Crippen LogP) is 7.66. The quantitative estimate of drug-likeness (QED) is 0.224. The Kier molecular flexibility index (Phi) is 10.3. The molecule has 0 aliphatic carbocycles. The van der Waals surface area contributed by atoms with Crippen molar-refractivity contribution in [1.82, 2.24) is 0 Å². The van der Waals surface area contributed by atoms with E-state index in [0.29, 0.717) is 17.2 Å². The van der Waals surface area contributed by atoms with Crippen LogP contribution in [-0.2, 0) is 13.0 Å². The van der Waals surface area contributed by atoms with Crippen LogP contribution in [0, 0.1) is 5.92 Å². The Balaban J connectivity index is 1.96. The van der Waals surface area contributed by atoms with Crippen LogP contribution in [0.5, 0.6) is 5.75 Å². The van der Waals surface area contributed by atoms with Crippen LogP contribution in [0.15, 0.2) is 67.2 Å². The third-order valence-electron chi connectivity index (χ3n) is 7.17. The van der Waals surface area contributed by atoms with Crippen molar-refractivity contribution in [3.63, 3.8) is 0 Å². The van der Waals surface area contributed by atoms with Gasteiger partial charge in [0.25, 0.3) is 0 Å². The molecular weight excluding hydrogens is 474 g/mol. The summed E-state index contributed by atoms with van der Waals surface area (Å²) in [6.07, 6.45) is 5.12. The maximum Gasteiger partial charge on any atom is 0.336 e. The highest BCUT2D eigenvalue weighted by atomic mass is 16.5. The first-order valence-electron chi connectivity index (χ1n) is 13.5. The van der Waals surface area contributed by atoms with Crippen molar-refractivity contribution in [1.29, 1.82) is 0 Å². The van der Waals surface area contributed by atoms with Gasteiger partial charge in [-0.15, -0.1) is 0 Å². The lowest BCUT2D eigenvalue weighted by Gasteiger charge is -2.23. The number of carboxylic acids is 1. The summed E-state index contributed by atoms with van der Waals surface area (Å²) in [5.41, 5.74) is 4.78. The molecular formula is C33H39NO4. The van der Waals surface area contributed by atoms with Crippen molar-refractivity contribution in [2.75, 3.05) is 18.0 Å². The van der Waals surface area contributed by atoms with Crippen LogP contribution in [-0.4, -0.2) is 29.9 Å². The van der Waals surface area contributed by atoms with E-state index in [0.717, 1.165) is 49.2 Å². The molecule has 0 spiro atoms. The van der Waals surface area contributed by atoms with Gasteiger partial charge in [0.15, 0.2) is 5.78 Å². The summed E-state index contributed by atoms with van der Waals surface area (Å²) in [6.45, 7) is 14.5. The number of benzene rings is 3. The molecule has 0 aromatic heterocycles. The van der Waals surface area contributed by atoms with Gasteiger partial charge in [-0.3, -0.25) is 4.79 Å². The minimum absolute atomic E-state index is 0.0257. The molecule has 200 valence electrons. The number of carbonyl (C=O) groups excluding carboxylic acids is 1. The maximum absolute atomic E-state index is 13.6. The zero-order chi connectivity index (χ0) is 27.7. The van der Waals surface area contributed by atoms with Crippen LogP contribution in [0.3, 0.4) is 0 Å². The number of ketones is 1. The van der Waals surface area contributed by atoms with Crippen molar-refractivity contribution >= 4 is 23.5 Å². The summed E-state index contributed by atoms with van der Waals surface area (Å²) in [6, 6.07) is 18.1. The summed E-state index contributed by atoms with van der Waals surface area (Å²) in [5.74, 6) is -0.421. The van der Waals surface area contributed by atoms with Crippen molar-refractivity contribution < 1.29 is 19.4 Å². The normalized spacial score (nSPS) is 11.6. The lowest BCUT2D eigenvalue weighted by atomic mass is 9.95. The molecule has 0 heterocycles. The SMILES string of the molecule is C=Cc1ccc(COc2cc(N(CC)CC)ccc2C(=O)c2ccccc2C(=O)O)cc1CC[C@@H](C)CC. The number of hydrogen-bond donors (Lipinski definition) is 1. The lowest BCUT2D eigenvalue weighted by Crippen LogP contribution is -2.22. The van der Waals surface area contributed by atoms with Crippen LogP contribution >= 0.6 is 0 Å². The zero-order valence-electron chi connectivity index (χ0n) is 23.0. The number of carboxylic acid groups (broad SMARTS) is 1. The van der Waals surface area contributed by atoms with E-state index in [2.05, 4.69) is 51.3 Å². The summed E-state index contributed by atoms with van der Waals surface area (Å²) < 4.78 is 6.30. The van der Waals surface area contributed by atoms with Crippen LogP contribution in [0.2, 0.25) is 0 Å². The fourth-order valence-electron chi connectivity index (χ4n) is 4.55. The lowest BCUT2D eigenvalue weighted by molar-refractivity contribution is 0.0692. The molecule has 0 amide bonds. The largest absolute Gasteiger partial charge is 0.488 e. The third-order valence-corrected chi connectivity index (χ3v) is 7.17. The summed E-state index contributed by atoms with van der Waals surface area (Å²) in [5, 5.41) is 9.63. The molecule has 5 nitrogen and oxygen atoms in total. The Bertz CT molecular complexity index is 1280. The fourth-order valence-corrected chi connectivity index (χ4v) is 4.55. The summed E-state index contributed by atoms with van der Waals surface area (Å²) in [7, 11) is 0. The van der Waals surface area contributed by atoms with Crippen LogP contribution in [0.25, 0.3) is 6.08 Å². The molecule has 5 heteroatoms. The van der Waals surface area contributed by atoms with E-state index < -0.39 is 5.97 Å². The first-order chi connectivity index (χ1) is 18.3. The monoisotopic (exact) mass is 513 g/mol. The molecule has 0 saturated carbocycles. The van der Waals surface area contributed by atoms with E-state index in [1.54, 1.807) is 24.3 Å². The van der Waals surface area contributed by atoms with E-state index in [1.807, 2.05) is 24.3 Å². The first kappa shape index (κ1) is 28.7. The minimum atomic E-state index is -1.14. The predicted molar refractivity (Wildman–Crippen MR) is 155 cm³/mol. The average Bonchev–Trinajstić information content (AvgIpc) is 2.95. The number of nitrogens with zero attached hydrogens (tertiary/aromatic N) is 1. The van der Waals surface area contributed by atoms with Gasteiger partial charge in [0.1, 0.15) is 12.4 Å². The second-order valence-electron chi connectivity index (χ2n) is 9.61. The highest BCUT2D eigenvalue weighted by Crippen LogP contribution is 2.30. The molecule has 0 fully saturated rings. The zero-order valence-corrected chi connectivity index (χ0v) is 23.0. The molecule has 0 bridgehead atoms. The van der Waals surface area contributed by atoms with E-state index in [1.165, 1.54) is 11.6 Å². The number of aryl methyl sites for hydroxylation is 1. The molecule has 3 rings (SSSR count). The van der Waals surface area contributed by atoms with Gasteiger partial charge >= 0.3 is 5.97 Å². The van der Waals surface area contributed by atoms with Crippen LogP contribution < -0.4 is 9.64 Å². The molecule has 0 aliphatic rings. The molecule has 0 aliphatic heterocycles. The summed E-state index contributed by atoms with van der Waals surface area (Å²) in [4.78, 5) is 27.5. The summed E-state index contributed by atoms with van der Waals surface area (Å²) >= 11 is 0. The maximum atomic E-state index is 13.6. The molecule has 3 aromatic rings. The molecule has 0 unspecified atom stereocenters. The molecule has 0 saturated heterocycles. The van der Waals surface area contributed by atoms with Crippen molar-refractivity contribution in [3.8, 4) is 5.75 Å². The third kappa shape index (κ3) is 6.91. The van der Waals surface area contributed by atoms with Crippen LogP contribution in [0.1, 0.15) is 83.5 Å². The van der Waals surface area contributed by atoms with Gasteiger partial charge in [-0.05, 0) is 67.5 Å². The topological polar surface area (TPSA) is 66.8 Å². The van der Waals surface area contributed by atoms with E-state index in [-0.39, 0.29) is 23.5 Å². The minimum Gasteiger partial charge on any atom is -0.488 e. The van der Waals surface area contributed by atoms with Gasteiger partial charge in [-0.2, -0.15) is 0 Å². The average molecular weight is 514 g/mol. The highest BCUT2D eigenvalue weighted by molar-refractivity contribution is 6.15. The fraction of sp³-hybridized carbons (Fsp3) is 0.333. The van der Waals surface area contributed by atoms with Gasteiger partial charge < -0.3 is 14.7 Å². The van der Waals surface area contributed by atoms with E-state index in [4.69, 9.17) is 4.74 Å². The second-order valence-corrected chi connectivity index (χ2v) is 9.61. The van der Waals surface area contributed by atoms with Gasteiger partial charge in [-0.25, -0.2) is 4.79 Å². The number of ether oxygens (including phenoxy) is 1. The number of hydrogen-bond acceptors (Lipinski definition) is 4. The van der Waals surface area contributed by atoms with Crippen LogP contribution in [0.4, 0.5) is 5.69 Å². The Morgan fingerprint density at radius 2 is 1.68 bits per heavy atom. The molecule has 1 N–H and O–H groups in total. The standard InChI is InChI=1S/C33H39NO4/c1-6-23(5)14-16-26-20-24(15-17-25(26)7-2)22-38-31-21-27(34(8-3)9-4)18-19-30(31)32(35)28-12-10-11-13-29(28)33(36)37/h7,10-13,15,17-21,23H,2,6,8-9,14,16,22H2,1,3-5H3,(H,36,37)/t23-/m0/s1. The first-order valence-corrected chi connectivity index (χ1v) is 13.5. The van der Waals surface area contributed by atoms with Gasteiger partial charge in [0.2, 0.25) is 0 Å². The Labute approximate surface area is 226 Å². The van der Waals surface area contributed by atoms with Crippen molar-refractivity contribution in [3.05, 3.63) is 101 Å². The van der Waals surface area contributed by atoms with Crippen molar-refractivity contribution in [2.24, 2.45) is 5.92 Å². The van der Waals surface area contributed by atoms with E-state index in [9.17, 15) is 14.7 Å². The number of aromatic carboxylic acids is 1.